The molecule has 22 heavy (non-hydrogen) atoms. The van der Waals surface area contributed by atoms with Gasteiger partial charge in [0.15, 0.2) is 0 Å². The molecule has 0 aromatic heterocycles. The highest BCUT2D eigenvalue weighted by atomic mass is 16.2. The first-order valence-corrected chi connectivity index (χ1v) is 7.57. The van der Waals surface area contributed by atoms with Crippen molar-refractivity contribution in [2.75, 3.05) is 0 Å². The summed E-state index contributed by atoms with van der Waals surface area (Å²) in [6.07, 6.45) is 2.32. The maximum Gasteiger partial charge on any atom is 0.256 e. The number of nitrogens with zero attached hydrogens (tertiary/aromatic N) is 2. The molecule has 2 unspecified atom stereocenters. The molecule has 2 atom stereocenters. The lowest BCUT2D eigenvalue weighted by atomic mass is 9.92. The Morgan fingerprint density at radius 2 is 1.64 bits per heavy atom. The molecule has 1 aliphatic heterocycles. The fourth-order valence-corrected chi connectivity index (χ4v) is 2.86. The number of carbonyl (C=O) groups excluding carboxylic acids is 1. The molecule has 0 saturated heterocycles. The molecule has 3 nitrogen and oxygen atoms in total. The first-order chi connectivity index (χ1) is 10.6. The number of aliphatic imine (C=N–C) groups is 1. The van der Waals surface area contributed by atoms with Crippen LogP contribution in [0.5, 0.6) is 0 Å². The van der Waals surface area contributed by atoms with Crippen molar-refractivity contribution in [3.05, 3.63) is 71.8 Å². The molecule has 0 fully saturated rings. The van der Waals surface area contributed by atoms with E-state index in [1.807, 2.05) is 74.5 Å². The van der Waals surface area contributed by atoms with Crippen LogP contribution in [-0.2, 0) is 11.2 Å². The van der Waals surface area contributed by atoms with Crippen LogP contribution in [0.15, 0.2) is 65.7 Å². The van der Waals surface area contributed by atoms with Gasteiger partial charge in [0.2, 0.25) is 0 Å². The highest BCUT2D eigenvalue weighted by Crippen LogP contribution is 2.30. The molecular weight excluding hydrogens is 272 g/mol. The number of amides is 1. The lowest BCUT2D eigenvalue weighted by Crippen LogP contribution is -2.41. The first kappa shape index (κ1) is 14.5. The van der Waals surface area contributed by atoms with Crippen molar-refractivity contribution in [2.24, 2.45) is 4.99 Å². The van der Waals surface area contributed by atoms with Crippen LogP contribution in [0.4, 0.5) is 0 Å². The third-order valence-corrected chi connectivity index (χ3v) is 4.25. The van der Waals surface area contributed by atoms with Gasteiger partial charge in [-0.1, -0.05) is 60.7 Å². The van der Waals surface area contributed by atoms with Crippen molar-refractivity contribution in [3.63, 3.8) is 0 Å². The van der Waals surface area contributed by atoms with Gasteiger partial charge in [0, 0.05) is 6.42 Å². The van der Waals surface area contributed by atoms with Crippen LogP contribution in [0, 0.1) is 0 Å². The molecule has 1 amide bonds. The molecule has 2 aromatic carbocycles. The zero-order valence-corrected chi connectivity index (χ0v) is 12.9. The topological polar surface area (TPSA) is 32.7 Å². The SMILES string of the molecule is CC(c1ccccc1)N1C=NC(C)(Cc2ccccc2)C1=O. The third kappa shape index (κ3) is 2.67. The quantitative estimate of drug-likeness (QED) is 0.847. The predicted molar refractivity (Wildman–Crippen MR) is 88.7 cm³/mol. The Morgan fingerprint density at radius 3 is 2.27 bits per heavy atom. The Morgan fingerprint density at radius 1 is 1.05 bits per heavy atom. The summed E-state index contributed by atoms with van der Waals surface area (Å²) in [4.78, 5) is 19.1. The Labute approximate surface area is 131 Å². The highest BCUT2D eigenvalue weighted by molar-refractivity contribution is 6.00. The molecule has 112 valence electrons. The van der Waals surface area contributed by atoms with Crippen LogP contribution in [0.25, 0.3) is 0 Å². The van der Waals surface area contributed by atoms with Crippen LogP contribution in [0.2, 0.25) is 0 Å². The van der Waals surface area contributed by atoms with Gasteiger partial charge in [0.1, 0.15) is 5.54 Å². The molecule has 0 saturated carbocycles. The Balaban J connectivity index is 1.79. The molecule has 0 aliphatic carbocycles. The van der Waals surface area contributed by atoms with E-state index in [1.165, 1.54) is 0 Å². The summed E-state index contributed by atoms with van der Waals surface area (Å²) in [6.45, 7) is 3.95. The second kappa shape index (κ2) is 5.76. The zero-order chi connectivity index (χ0) is 15.6. The van der Waals surface area contributed by atoms with Crippen LogP contribution < -0.4 is 0 Å². The zero-order valence-electron chi connectivity index (χ0n) is 12.9. The van der Waals surface area contributed by atoms with E-state index in [-0.39, 0.29) is 11.9 Å². The normalized spacial score (nSPS) is 22.1. The minimum absolute atomic E-state index is 0.00458. The smallest absolute Gasteiger partial charge is 0.256 e. The predicted octanol–water partition coefficient (Wildman–Crippen LogP) is 3.62. The van der Waals surface area contributed by atoms with Crippen LogP contribution in [-0.4, -0.2) is 22.7 Å². The fourth-order valence-electron chi connectivity index (χ4n) is 2.86. The molecule has 1 aliphatic rings. The summed E-state index contributed by atoms with van der Waals surface area (Å²) in [5, 5.41) is 0. The van der Waals surface area contributed by atoms with E-state index in [1.54, 1.807) is 11.2 Å². The van der Waals surface area contributed by atoms with Gasteiger partial charge in [0.25, 0.3) is 5.91 Å². The summed E-state index contributed by atoms with van der Waals surface area (Å²) >= 11 is 0. The number of carbonyl (C=O) groups is 1. The van der Waals surface area contributed by atoms with E-state index in [0.29, 0.717) is 6.42 Å². The van der Waals surface area contributed by atoms with Gasteiger partial charge in [-0.3, -0.25) is 14.7 Å². The van der Waals surface area contributed by atoms with Gasteiger partial charge in [-0.2, -0.15) is 0 Å². The molecule has 3 rings (SSSR count). The largest absolute Gasteiger partial charge is 0.294 e. The molecule has 0 spiro atoms. The van der Waals surface area contributed by atoms with E-state index in [9.17, 15) is 4.79 Å². The average Bonchev–Trinajstić information content (AvgIpc) is 2.84. The van der Waals surface area contributed by atoms with Crippen molar-refractivity contribution >= 4 is 12.2 Å². The minimum atomic E-state index is -0.704. The van der Waals surface area contributed by atoms with Crippen LogP contribution in [0.1, 0.15) is 31.0 Å². The van der Waals surface area contributed by atoms with Gasteiger partial charge in [-0.05, 0) is 25.0 Å². The van der Waals surface area contributed by atoms with Crippen LogP contribution >= 0.6 is 0 Å². The molecule has 0 N–H and O–H groups in total. The standard InChI is InChI=1S/C19H20N2O/c1-15(17-11-7-4-8-12-17)21-14-20-19(2,18(21)22)13-16-9-5-3-6-10-16/h3-12,14-15H,13H2,1-2H3. The number of hydrogen-bond donors (Lipinski definition) is 0. The minimum Gasteiger partial charge on any atom is -0.294 e. The highest BCUT2D eigenvalue weighted by Gasteiger charge is 2.42. The van der Waals surface area contributed by atoms with Crippen molar-refractivity contribution < 1.29 is 4.79 Å². The molecule has 2 aromatic rings. The molecule has 0 bridgehead atoms. The summed E-state index contributed by atoms with van der Waals surface area (Å²) in [5.74, 6) is 0.0627. The maximum atomic E-state index is 12.8. The first-order valence-electron chi connectivity index (χ1n) is 7.57. The molecule has 0 radical (unpaired) electrons. The average molecular weight is 292 g/mol. The molecule has 1 heterocycles. The van der Waals surface area contributed by atoms with Crippen molar-refractivity contribution in [1.29, 1.82) is 0 Å². The Hall–Kier alpha value is -2.42. The second-order valence-electron chi connectivity index (χ2n) is 5.98. The maximum absolute atomic E-state index is 12.8. The summed E-state index contributed by atoms with van der Waals surface area (Å²) < 4.78 is 0. The molecular formula is C19H20N2O. The number of hydrogen-bond acceptors (Lipinski definition) is 2. The van der Waals surface area contributed by atoms with Gasteiger partial charge in [-0.25, -0.2) is 0 Å². The van der Waals surface area contributed by atoms with E-state index >= 15 is 0 Å². The Kier molecular flexibility index (Phi) is 3.80. The monoisotopic (exact) mass is 292 g/mol. The van der Waals surface area contributed by atoms with E-state index in [0.717, 1.165) is 11.1 Å². The van der Waals surface area contributed by atoms with Crippen molar-refractivity contribution in [2.45, 2.75) is 31.8 Å². The van der Waals surface area contributed by atoms with Crippen LogP contribution in [0.3, 0.4) is 0 Å². The lowest BCUT2D eigenvalue weighted by molar-refractivity contribution is -0.131. The van der Waals surface area contributed by atoms with E-state index in [2.05, 4.69) is 4.99 Å². The van der Waals surface area contributed by atoms with E-state index in [4.69, 9.17) is 0 Å². The number of benzene rings is 2. The van der Waals surface area contributed by atoms with Gasteiger partial charge < -0.3 is 0 Å². The molecule has 3 heteroatoms. The van der Waals surface area contributed by atoms with Gasteiger partial charge in [0.05, 0.1) is 12.4 Å². The fraction of sp³-hybridized carbons (Fsp3) is 0.263. The third-order valence-electron chi connectivity index (χ3n) is 4.25. The van der Waals surface area contributed by atoms with Crippen molar-refractivity contribution in [3.8, 4) is 0 Å². The van der Waals surface area contributed by atoms with Gasteiger partial charge >= 0.3 is 0 Å². The lowest BCUT2D eigenvalue weighted by Gasteiger charge is -2.26. The Bertz CT molecular complexity index is 681. The summed E-state index contributed by atoms with van der Waals surface area (Å²) in [5.41, 5.74) is 1.54. The number of rotatable bonds is 4. The van der Waals surface area contributed by atoms with Gasteiger partial charge in [-0.15, -0.1) is 0 Å². The second-order valence-corrected chi connectivity index (χ2v) is 5.98. The van der Waals surface area contributed by atoms with Crippen molar-refractivity contribution in [1.82, 2.24) is 4.90 Å². The summed E-state index contributed by atoms with van der Waals surface area (Å²) in [7, 11) is 0. The van der Waals surface area contributed by atoms with E-state index < -0.39 is 5.54 Å². The summed E-state index contributed by atoms with van der Waals surface area (Å²) in [6, 6.07) is 20.1.